The summed E-state index contributed by atoms with van der Waals surface area (Å²) in [6.45, 7) is 2.05. The van der Waals surface area contributed by atoms with Gasteiger partial charge in [0.15, 0.2) is 0 Å². The van der Waals surface area contributed by atoms with Crippen LogP contribution >= 0.6 is 0 Å². The number of aliphatic hydroxyl groups excluding tert-OH is 2. The van der Waals surface area contributed by atoms with E-state index >= 15 is 0 Å². The van der Waals surface area contributed by atoms with E-state index in [9.17, 15) is 10.2 Å². The molecule has 5 unspecified atom stereocenters. The van der Waals surface area contributed by atoms with E-state index in [1.165, 1.54) is 25.7 Å². The molecule has 0 saturated heterocycles. The monoisotopic (exact) mass is 212 g/mol. The third-order valence-corrected chi connectivity index (χ3v) is 4.46. The fourth-order valence-corrected chi connectivity index (χ4v) is 3.62. The van der Waals surface area contributed by atoms with E-state index in [0.717, 1.165) is 31.1 Å². The van der Waals surface area contributed by atoms with Crippen molar-refractivity contribution < 1.29 is 10.2 Å². The Morgan fingerprint density at radius 3 is 2.47 bits per heavy atom. The predicted molar refractivity (Wildman–Crippen MR) is 60.5 cm³/mol. The maximum atomic E-state index is 9.89. The predicted octanol–water partition coefficient (Wildman–Crippen LogP) is 2.33. The second-order valence-corrected chi connectivity index (χ2v) is 5.59. The first-order chi connectivity index (χ1) is 7.20. The van der Waals surface area contributed by atoms with Crippen LogP contribution in [0.2, 0.25) is 0 Å². The topological polar surface area (TPSA) is 40.5 Å². The lowest BCUT2D eigenvalue weighted by atomic mass is 9.83. The Bertz CT molecular complexity index is 205. The Labute approximate surface area is 92.7 Å². The maximum Gasteiger partial charge on any atom is 0.0801 e. The van der Waals surface area contributed by atoms with Gasteiger partial charge in [-0.1, -0.05) is 19.8 Å². The number of rotatable bonds is 5. The van der Waals surface area contributed by atoms with Crippen LogP contribution in [0, 0.1) is 17.8 Å². The number of aliphatic hydroxyl groups is 2. The number of hydrogen-bond donors (Lipinski definition) is 2. The summed E-state index contributed by atoms with van der Waals surface area (Å²) < 4.78 is 0. The van der Waals surface area contributed by atoms with Gasteiger partial charge in [-0.25, -0.2) is 0 Å². The van der Waals surface area contributed by atoms with Crippen molar-refractivity contribution in [3.05, 3.63) is 0 Å². The lowest BCUT2D eigenvalue weighted by molar-refractivity contribution is -0.00460. The molecule has 5 atom stereocenters. The molecular weight excluding hydrogens is 188 g/mol. The van der Waals surface area contributed by atoms with Gasteiger partial charge < -0.3 is 10.2 Å². The first kappa shape index (κ1) is 11.4. The highest BCUT2D eigenvalue weighted by Gasteiger charge is 2.40. The van der Waals surface area contributed by atoms with Crippen LogP contribution in [0.25, 0.3) is 0 Å². The average molecular weight is 212 g/mol. The van der Waals surface area contributed by atoms with Crippen LogP contribution in [-0.2, 0) is 0 Å². The van der Waals surface area contributed by atoms with Crippen molar-refractivity contribution in [2.75, 3.05) is 0 Å². The molecule has 2 bridgehead atoms. The molecule has 0 aromatic heterocycles. The lowest BCUT2D eigenvalue weighted by Gasteiger charge is -2.26. The van der Waals surface area contributed by atoms with E-state index in [-0.39, 0.29) is 0 Å². The maximum absolute atomic E-state index is 9.89. The molecule has 2 rings (SSSR count). The third kappa shape index (κ3) is 2.54. The Kier molecular flexibility index (Phi) is 3.68. The molecule has 0 aliphatic heterocycles. The minimum atomic E-state index is -0.492. The normalized spacial score (nSPS) is 38.2. The fourth-order valence-electron chi connectivity index (χ4n) is 3.62. The molecule has 15 heavy (non-hydrogen) atoms. The zero-order chi connectivity index (χ0) is 10.8. The van der Waals surface area contributed by atoms with Gasteiger partial charge in [-0.05, 0) is 49.9 Å². The van der Waals surface area contributed by atoms with Crippen LogP contribution in [-0.4, -0.2) is 22.4 Å². The van der Waals surface area contributed by atoms with E-state index in [4.69, 9.17) is 0 Å². The van der Waals surface area contributed by atoms with Gasteiger partial charge in [0.2, 0.25) is 0 Å². The first-order valence-electron chi connectivity index (χ1n) is 6.56. The van der Waals surface area contributed by atoms with Crippen molar-refractivity contribution in [3.8, 4) is 0 Å². The van der Waals surface area contributed by atoms with E-state index in [2.05, 4.69) is 0 Å². The van der Waals surface area contributed by atoms with Gasteiger partial charge in [0.25, 0.3) is 0 Å². The molecule has 0 amide bonds. The summed E-state index contributed by atoms with van der Waals surface area (Å²) in [5.41, 5.74) is 0. The van der Waals surface area contributed by atoms with Crippen LogP contribution in [0.15, 0.2) is 0 Å². The number of fused-ring (bicyclic) bond motifs is 2. The van der Waals surface area contributed by atoms with Gasteiger partial charge in [0.05, 0.1) is 12.2 Å². The highest BCUT2D eigenvalue weighted by Crippen LogP contribution is 2.50. The molecule has 0 radical (unpaired) electrons. The molecule has 88 valence electrons. The Morgan fingerprint density at radius 2 is 1.93 bits per heavy atom. The third-order valence-electron chi connectivity index (χ3n) is 4.46. The van der Waals surface area contributed by atoms with Gasteiger partial charge in [-0.2, -0.15) is 0 Å². The Balaban J connectivity index is 1.77. The van der Waals surface area contributed by atoms with E-state index < -0.39 is 12.2 Å². The molecule has 2 nitrogen and oxygen atoms in total. The molecule has 0 aromatic rings. The summed E-state index contributed by atoms with van der Waals surface area (Å²) in [4.78, 5) is 0. The fraction of sp³-hybridized carbons (Fsp3) is 1.00. The zero-order valence-electron chi connectivity index (χ0n) is 9.73. The summed E-state index contributed by atoms with van der Waals surface area (Å²) in [5, 5.41) is 19.6. The largest absolute Gasteiger partial charge is 0.390 e. The van der Waals surface area contributed by atoms with E-state index in [1.54, 1.807) is 0 Å². The zero-order valence-corrected chi connectivity index (χ0v) is 9.73. The second-order valence-electron chi connectivity index (χ2n) is 5.59. The van der Waals surface area contributed by atoms with Gasteiger partial charge in [0.1, 0.15) is 0 Å². The van der Waals surface area contributed by atoms with Crippen LogP contribution in [0.4, 0.5) is 0 Å². The molecule has 2 N–H and O–H groups in total. The summed E-state index contributed by atoms with van der Waals surface area (Å²) in [6.07, 6.45) is 7.03. The minimum Gasteiger partial charge on any atom is -0.390 e. The molecule has 2 fully saturated rings. The van der Waals surface area contributed by atoms with Crippen molar-refractivity contribution in [1.29, 1.82) is 0 Å². The average Bonchev–Trinajstić information content (AvgIpc) is 2.79. The van der Waals surface area contributed by atoms with Crippen molar-refractivity contribution >= 4 is 0 Å². The van der Waals surface area contributed by atoms with Crippen LogP contribution < -0.4 is 0 Å². The van der Waals surface area contributed by atoms with Crippen molar-refractivity contribution in [2.45, 2.75) is 64.1 Å². The SMILES string of the molecule is CCCC(O)C(O)CC1CC2CCC1C2. The standard InChI is InChI=1S/C13H24O2/c1-2-3-12(14)13(15)8-11-7-9-4-5-10(11)6-9/h9-15H,2-8H2,1H3. The van der Waals surface area contributed by atoms with Gasteiger partial charge >= 0.3 is 0 Å². The lowest BCUT2D eigenvalue weighted by Crippen LogP contribution is -2.29. The summed E-state index contributed by atoms with van der Waals surface area (Å²) in [5.74, 6) is 2.50. The van der Waals surface area contributed by atoms with Gasteiger partial charge in [-0.3, -0.25) is 0 Å². The van der Waals surface area contributed by atoms with E-state index in [1.807, 2.05) is 6.92 Å². The molecule has 2 saturated carbocycles. The second kappa shape index (κ2) is 4.84. The minimum absolute atomic E-state index is 0.478. The number of hydrogen-bond acceptors (Lipinski definition) is 2. The molecule has 2 aliphatic rings. The van der Waals surface area contributed by atoms with Crippen LogP contribution in [0.1, 0.15) is 51.9 Å². The molecule has 2 heteroatoms. The van der Waals surface area contributed by atoms with Crippen LogP contribution in [0.3, 0.4) is 0 Å². The highest BCUT2D eigenvalue weighted by atomic mass is 16.3. The highest BCUT2D eigenvalue weighted by molar-refractivity contribution is 4.91. The molecule has 0 aromatic carbocycles. The molecule has 2 aliphatic carbocycles. The smallest absolute Gasteiger partial charge is 0.0801 e. The van der Waals surface area contributed by atoms with Crippen molar-refractivity contribution in [3.63, 3.8) is 0 Å². The van der Waals surface area contributed by atoms with Gasteiger partial charge in [0, 0.05) is 0 Å². The van der Waals surface area contributed by atoms with E-state index in [0.29, 0.717) is 5.92 Å². The summed E-state index contributed by atoms with van der Waals surface area (Å²) in [6, 6.07) is 0. The Morgan fingerprint density at radius 1 is 1.13 bits per heavy atom. The molecular formula is C13H24O2. The molecule has 0 heterocycles. The Hall–Kier alpha value is -0.0800. The summed E-state index contributed by atoms with van der Waals surface area (Å²) in [7, 11) is 0. The van der Waals surface area contributed by atoms with Gasteiger partial charge in [-0.15, -0.1) is 0 Å². The quantitative estimate of drug-likeness (QED) is 0.734. The molecule has 0 spiro atoms. The van der Waals surface area contributed by atoms with Crippen molar-refractivity contribution in [2.24, 2.45) is 17.8 Å². The van der Waals surface area contributed by atoms with Crippen LogP contribution in [0.5, 0.6) is 0 Å². The van der Waals surface area contributed by atoms with Crippen molar-refractivity contribution in [1.82, 2.24) is 0 Å². The first-order valence-corrected chi connectivity index (χ1v) is 6.56. The summed E-state index contributed by atoms with van der Waals surface area (Å²) >= 11 is 0.